The summed E-state index contributed by atoms with van der Waals surface area (Å²) in [5, 5.41) is 7.12. The molecule has 0 aliphatic carbocycles. The first-order valence-electron chi connectivity index (χ1n) is 5.90. The van der Waals surface area contributed by atoms with E-state index in [4.69, 9.17) is 16.1 Å². The predicted octanol–water partition coefficient (Wildman–Crippen LogP) is 2.72. The van der Waals surface area contributed by atoms with E-state index in [1.165, 1.54) is 4.88 Å². The fourth-order valence-electron chi connectivity index (χ4n) is 1.57. The average Bonchev–Trinajstić information content (AvgIpc) is 2.96. The molecule has 6 heteroatoms. The number of rotatable bonds is 6. The van der Waals surface area contributed by atoms with E-state index < -0.39 is 0 Å². The van der Waals surface area contributed by atoms with Gasteiger partial charge in [-0.05, 0) is 32.5 Å². The summed E-state index contributed by atoms with van der Waals surface area (Å²) in [6, 6.07) is 4.30. The Morgan fingerprint density at radius 1 is 1.44 bits per heavy atom. The number of likely N-dealkylation sites (N-methyl/N-ethyl adjacent to an activating group) is 1. The van der Waals surface area contributed by atoms with Crippen molar-refractivity contribution in [1.82, 2.24) is 15.5 Å². The molecule has 0 aliphatic heterocycles. The Morgan fingerprint density at radius 2 is 2.28 bits per heavy atom. The first kappa shape index (κ1) is 13.5. The van der Waals surface area contributed by atoms with Crippen molar-refractivity contribution >= 4 is 22.9 Å². The average molecular weight is 286 g/mol. The molecule has 0 saturated carbocycles. The maximum Gasteiger partial charge on any atom is 0.227 e. The van der Waals surface area contributed by atoms with Crippen LogP contribution >= 0.6 is 22.9 Å². The molecule has 0 fully saturated rings. The summed E-state index contributed by atoms with van der Waals surface area (Å²) in [6.45, 7) is 2.09. The van der Waals surface area contributed by atoms with Gasteiger partial charge in [-0.2, -0.15) is 4.98 Å². The third-order valence-corrected chi connectivity index (χ3v) is 4.00. The Morgan fingerprint density at radius 3 is 2.94 bits per heavy atom. The van der Waals surface area contributed by atoms with Crippen LogP contribution in [0.5, 0.6) is 0 Å². The molecule has 0 aliphatic rings. The molecule has 4 nitrogen and oxygen atoms in total. The normalized spacial score (nSPS) is 12.8. The maximum absolute atomic E-state index is 5.88. The van der Waals surface area contributed by atoms with Crippen LogP contribution in [0.4, 0.5) is 0 Å². The van der Waals surface area contributed by atoms with E-state index in [0.29, 0.717) is 11.9 Å². The Labute approximate surface area is 115 Å². The number of hydrogen-bond acceptors (Lipinski definition) is 5. The molecular weight excluding hydrogens is 270 g/mol. The van der Waals surface area contributed by atoms with Gasteiger partial charge in [0.25, 0.3) is 0 Å². The standard InChI is InChI=1S/C12H16ClN3OS/c1-8(14-2)7-11-15-12(17-16-11)6-4-9-3-5-10(13)18-9/h3,5,8,14H,4,6-7H2,1-2H3. The monoisotopic (exact) mass is 285 g/mol. The van der Waals surface area contributed by atoms with Crippen LogP contribution in [0.25, 0.3) is 0 Å². The molecule has 1 N–H and O–H groups in total. The molecule has 1 atom stereocenters. The van der Waals surface area contributed by atoms with E-state index in [1.54, 1.807) is 11.3 Å². The molecule has 0 spiro atoms. The molecule has 0 bridgehead atoms. The molecule has 0 saturated heterocycles. The first-order valence-corrected chi connectivity index (χ1v) is 7.09. The van der Waals surface area contributed by atoms with Gasteiger partial charge in [0.15, 0.2) is 5.82 Å². The highest BCUT2D eigenvalue weighted by Crippen LogP contribution is 2.22. The van der Waals surface area contributed by atoms with Gasteiger partial charge in [0, 0.05) is 23.8 Å². The second-order valence-electron chi connectivity index (χ2n) is 4.20. The van der Waals surface area contributed by atoms with Crippen LogP contribution in [-0.4, -0.2) is 23.2 Å². The van der Waals surface area contributed by atoms with Gasteiger partial charge < -0.3 is 9.84 Å². The highest BCUT2D eigenvalue weighted by Gasteiger charge is 2.09. The molecule has 1 unspecified atom stereocenters. The molecule has 98 valence electrons. The van der Waals surface area contributed by atoms with Crippen molar-refractivity contribution in [3.8, 4) is 0 Å². The molecule has 0 amide bonds. The topological polar surface area (TPSA) is 51.0 Å². The molecular formula is C12H16ClN3OS. The van der Waals surface area contributed by atoms with Crippen molar-refractivity contribution in [1.29, 1.82) is 0 Å². The zero-order valence-electron chi connectivity index (χ0n) is 10.4. The lowest BCUT2D eigenvalue weighted by Crippen LogP contribution is -2.24. The number of halogens is 1. The van der Waals surface area contributed by atoms with Crippen molar-refractivity contribution in [2.75, 3.05) is 7.05 Å². The maximum atomic E-state index is 5.88. The number of aromatic nitrogens is 2. The van der Waals surface area contributed by atoms with Gasteiger partial charge in [0.05, 0.1) is 4.34 Å². The Bertz CT molecular complexity index is 497. The molecule has 2 heterocycles. The summed E-state index contributed by atoms with van der Waals surface area (Å²) in [6.07, 6.45) is 2.43. The van der Waals surface area contributed by atoms with Gasteiger partial charge in [-0.3, -0.25) is 0 Å². The van der Waals surface area contributed by atoms with Gasteiger partial charge in [0.1, 0.15) is 0 Å². The zero-order chi connectivity index (χ0) is 13.0. The Hall–Kier alpha value is -0.910. The predicted molar refractivity (Wildman–Crippen MR) is 73.3 cm³/mol. The summed E-state index contributed by atoms with van der Waals surface area (Å²) in [7, 11) is 1.92. The van der Waals surface area contributed by atoms with Crippen molar-refractivity contribution in [2.24, 2.45) is 0 Å². The van der Waals surface area contributed by atoms with E-state index in [-0.39, 0.29) is 0 Å². The summed E-state index contributed by atoms with van der Waals surface area (Å²) in [5.41, 5.74) is 0. The highest BCUT2D eigenvalue weighted by molar-refractivity contribution is 7.16. The minimum atomic E-state index is 0.353. The largest absolute Gasteiger partial charge is 0.339 e. The molecule has 18 heavy (non-hydrogen) atoms. The summed E-state index contributed by atoms with van der Waals surface area (Å²) in [5.74, 6) is 1.45. The smallest absolute Gasteiger partial charge is 0.227 e. The van der Waals surface area contributed by atoms with Crippen LogP contribution in [0.15, 0.2) is 16.7 Å². The van der Waals surface area contributed by atoms with Crippen LogP contribution in [0, 0.1) is 0 Å². The molecule has 2 rings (SSSR count). The summed E-state index contributed by atoms with van der Waals surface area (Å²) >= 11 is 7.47. The first-order chi connectivity index (χ1) is 8.67. The van der Waals surface area contributed by atoms with Crippen molar-refractivity contribution in [3.63, 3.8) is 0 Å². The van der Waals surface area contributed by atoms with E-state index in [1.807, 2.05) is 19.2 Å². The summed E-state index contributed by atoms with van der Waals surface area (Å²) < 4.78 is 6.04. The van der Waals surface area contributed by atoms with Crippen LogP contribution < -0.4 is 5.32 Å². The Balaban J connectivity index is 1.86. The van der Waals surface area contributed by atoms with E-state index in [0.717, 1.165) is 29.4 Å². The van der Waals surface area contributed by atoms with Crippen molar-refractivity contribution < 1.29 is 4.52 Å². The van der Waals surface area contributed by atoms with Gasteiger partial charge in [-0.25, -0.2) is 0 Å². The molecule has 2 aromatic heterocycles. The third-order valence-electron chi connectivity index (χ3n) is 2.71. The van der Waals surface area contributed by atoms with Crippen molar-refractivity contribution in [3.05, 3.63) is 33.1 Å². The van der Waals surface area contributed by atoms with Crippen LogP contribution in [-0.2, 0) is 19.3 Å². The number of aryl methyl sites for hydroxylation is 2. The molecule has 0 radical (unpaired) electrons. The lowest BCUT2D eigenvalue weighted by molar-refractivity contribution is 0.371. The SMILES string of the molecule is CNC(C)Cc1noc(CCc2ccc(Cl)s2)n1. The van der Waals surface area contributed by atoms with E-state index in [2.05, 4.69) is 22.4 Å². The number of thiophene rings is 1. The van der Waals surface area contributed by atoms with Gasteiger partial charge in [0.2, 0.25) is 5.89 Å². The minimum absolute atomic E-state index is 0.353. The second-order valence-corrected chi connectivity index (χ2v) is 6.00. The van der Waals surface area contributed by atoms with Gasteiger partial charge >= 0.3 is 0 Å². The minimum Gasteiger partial charge on any atom is -0.339 e. The fourth-order valence-corrected chi connectivity index (χ4v) is 2.65. The third kappa shape index (κ3) is 3.80. The fraction of sp³-hybridized carbons (Fsp3) is 0.500. The zero-order valence-corrected chi connectivity index (χ0v) is 12.0. The van der Waals surface area contributed by atoms with Crippen molar-refractivity contribution in [2.45, 2.75) is 32.2 Å². The van der Waals surface area contributed by atoms with E-state index >= 15 is 0 Å². The Kier molecular flexibility index (Phi) is 4.74. The lowest BCUT2D eigenvalue weighted by Gasteiger charge is -2.04. The number of hydrogen-bond donors (Lipinski definition) is 1. The summed E-state index contributed by atoms with van der Waals surface area (Å²) in [4.78, 5) is 5.61. The molecule has 0 aromatic carbocycles. The second kappa shape index (κ2) is 6.31. The van der Waals surface area contributed by atoms with E-state index in [9.17, 15) is 0 Å². The lowest BCUT2D eigenvalue weighted by atomic mass is 10.2. The highest BCUT2D eigenvalue weighted by atomic mass is 35.5. The van der Waals surface area contributed by atoms with Crippen LogP contribution in [0.1, 0.15) is 23.5 Å². The number of nitrogens with one attached hydrogen (secondary N) is 1. The molecule has 2 aromatic rings. The van der Waals surface area contributed by atoms with Crippen LogP contribution in [0.3, 0.4) is 0 Å². The van der Waals surface area contributed by atoms with Gasteiger partial charge in [-0.15, -0.1) is 11.3 Å². The number of nitrogens with zero attached hydrogens (tertiary/aromatic N) is 2. The van der Waals surface area contributed by atoms with Gasteiger partial charge in [-0.1, -0.05) is 16.8 Å². The quantitative estimate of drug-likeness (QED) is 0.887. The van der Waals surface area contributed by atoms with Crippen LogP contribution in [0.2, 0.25) is 4.34 Å².